The number of benzene rings is 1. The largest absolute Gasteiger partial charge is 0.496 e. The van der Waals surface area contributed by atoms with Gasteiger partial charge in [-0.25, -0.2) is 0 Å². The molecular weight excluding hydrogens is 303 g/mol. The fraction of sp³-hybridized carbons (Fsp3) is 0.538. The van der Waals surface area contributed by atoms with Gasteiger partial charge in [0, 0.05) is 16.6 Å². The van der Waals surface area contributed by atoms with Crippen molar-refractivity contribution in [2.45, 2.75) is 24.8 Å². The molecule has 3 unspecified atom stereocenters. The van der Waals surface area contributed by atoms with Gasteiger partial charge in [0.05, 0.1) is 18.6 Å². The maximum atomic E-state index is 6.54. The van der Waals surface area contributed by atoms with Crippen LogP contribution in [0.2, 0.25) is 0 Å². The molecule has 1 saturated heterocycles. The molecular formula is C13H16BrClO2. The topological polar surface area (TPSA) is 18.5 Å². The maximum absolute atomic E-state index is 6.54. The molecule has 0 N–H and O–H groups in total. The lowest BCUT2D eigenvalue weighted by molar-refractivity contribution is 0.0897. The first kappa shape index (κ1) is 13.2. The van der Waals surface area contributed by atoms with Crippen molar-refractivity contribution in [3.8, 4) is 5.75 Å². The number of alkyl halides is 1. The van der Waals surface area contributed by atoms with Crippen LogP contribution in [-0.2, 0) is 4.74 Å². The van der Waals surface area contributed by atoms with Crippen LogP contribution in [0.3, 0.4) is 0 Å². The van der Waals surface area contributed by atoms with Crippen LogP contribution in [0.5, 0.6) is 5.75 Å². The van der Waals surface area contributed by atoms with Gasteiger partial charge in [-0.1, -0.05) is 22.9 Å². The van der Waals surface area contributed by atoms with E-state index in [2.05, 4.69) is 22.9 Å². The molecule has 1 aromatic carbocycles. The molecule has 0 aliphatic carbocycles. The van der Waals surface area contributed by atoms with Gasteiger partial charge in [-0.3, -0.25) is 0 Å². The lowest BCUT2D eigenvalue weighted by Crippen LogP contribution is -2.20. The van der Waals surface area contributed by atoms with Crippen molar-refractivity contribution in [1.82, 2.24) is 0 Å². The van der Waals surface area contributed by atoms with E-state index in [1.54, 1.807) is 7.11 Å². The summed E-state index contributed by atoms with van der Waals surface area (Å²) < 4.78 is 12.1. The molecule has 0 amide bonds. The Balaban J connectivity index is 2.28. The van der Waals surface area contributed by atoms with E-state index in [0.29, 0.717) is 5.92 Å². The average Bonchev–Trinajstić information content (AvgIpc) is 2.74. The van der Waals surface area contributed by atoms with Crippen molar-refractivity contribution in [1.29, 1.82) is 0 Å². The normalized spacial score (nSPS) is 25.9. The Morgan fingerprint density at radius 1 is 1.53 bits per heavy atom. The first-order valence-corrected chi connectivity index (χ1v) is 6.95. The van der Waals surface area contributed by atoms with E-state index in [1.165, 1.54) is 0 Å². The predicted molar refractivity (Wildman–Crippen MR) is 72.8 cm³/mol. The summed E-state index contributed by atoms with van der Waals surface area (Å²) in [6.45, 7) is 2.98. The first-order chi connectivity index (χ1) is 8.13. The number of ether oxygens (including phenoxy) is 2. The van der Waals surface area contributed by atoms with E-state index in [0.717, 1.165) is 28.8 Å². The summed E-state index contributed by atoms with van der Waals surface area (Å²) in [5.74, 6) is 1.30. The molecule has 4 heteroatoms. The Labute approximate surface area is 115 Å². The SMILES string of the molecule is COc1ccc(Br)cc1C(Cl)C1OCCC1C. The molecule has 0 saturated carbocycles. The molecule has 1 fully saturated rings. The molecule has 1 aliphatic heterocycles. The second-order valence-electron chi connectivity index (χ2n) is 4.39. The number of rotatable bonds is 3. The van der Waals surface area contributed by atoms with Crippen LogP contribution in [0.1, 0.15) is 24.3 Å². The Bertz CT molecular complexity index is 397. The summed E-state index contributed by atoms with van der Waals surface area (Å²) in [7, 11) is 1.66. The van der Waals surface area contributed by atoms with E-state index in [9.17, 15) is 0 Å². The van der Waals surface area contributed by atoms with Crippen molar-refractivity contribution < 1.29 is 9.47 Å². The minimum Gasteiger partial charge on any atom is -0.496 e. The summed E-state index contributed by atoms with van der Waals surface area (Å²) in [6, 6.07) is 5.88. The zero-order valence-corrected chi connectivity index (χ0v) is 12.3. The van der Waals surface area contributed by atoms with Crippen LogP contribution in [-0.4, -0.2) is 19.8 Å². The summed E-state index contributed by atoms with van der Waals surface area (Å²) in [4.78, 5) is 0. The highest BCUT2D eigenvalue weighted by molar-refractivity contribution is 9.10. The van der Waals surface area contributed by atoms with Gasteiger partial charge in [-0.05, 0) is 30.5 Å². The van der Waals surface area contributed by atoms with Crippen molar-refractivity contribution in [2.75, 3.05) is 13.7 Å². The highest BCUT2D eigenvalue weighted by Gasteiger charge is 2.33. The molecule has 0 aromatic heterocycles. The zero-order chi connectivity index (χ0) is 12.4. The molecule has 3 atom stereocenters. The highest BCUT2D eigenvalue weighted by Crippen LogP contribution is 2.40. The van der Waals surface area contributed by atoms with Gasteiger partial charge >= 0.3 is 0 Å². The zero-order valence-electron chi connectivity index (χ0n) is 9.95. The van der Waals surface area contributed by atoms with Crippen LogP contribution in [0.4, 0.5) is 0 Å². The van der Waals surface area contributed by atoms with Crippen molar-refractivity contribution in [3.05, 3.63) is 28.2 Å². The van der Waals surface area contributed by atoms with Crippen LogP contribution in [0, 0.1) is 5.92 Å². The van der Waals surface area contributed by atoms with Gasteiger partial charge < -0.3 is 9.47 Å². The van der Waals surface area contributed by atoms with Crippen LogP contribution >= 0.6 is 27.5 Å². The van der Waals surface area contributed by atoms with E-state index in [4.69, 9.17) is 21.1 Å². The number of hydrogen-bond donors (Lipinski definition) is 0. The fourth-order valence-corrected chi connectivity index (χ4v) is 3.06. The molecule has 1 aromatic rings. The van der Waals surface area contributed by atoms with Crippen molar-refractivity contribution >= 4 is 27.5 Å². The highest BCUT2D eigenvalue weighted by atomic mass is 79.9. The van der Waals surface area contributed by atoms with Gasteiger partial charge in [0.25, 0.3) is 0 Å². The number of methoxy groups -OCH3 is 1. The predicted octanol–water partition coefficient (Wildman–Crippen LogP) is 4.16. The average molecular weight is 320 g/mol. The third-order valence-corrected chi connectivity index (χ3v) is 4.20. The van der Waals surface area contributed by atoms with E-state index < -0.39 is 0 Å². The molecule has 0 radical (unpaired) electrons. The molecule has 17 heavy (non-hydrogen) atoms. The van der Waals surface area contributed by atoms with Gasteiger partial charge in [0.15, 0.2) is 0 Å². The minimum atomic E-state index is -0.167. The first-order valence-electron chi connectivity index (χ1n) is 5.72. The summed E-state index contributed by atoms with van der Waals surface area (Å²) >= 11 is 10.00. The monoisotopic (exact) mass is 318 g/mol. The Morgan fingerprint density at radius 3 is 2.88 bits per heavy atom. The molecule has 2 nitrogen and oxygen atoms in total. The lowest BCUT2D eigenvalue weighted by Gasteiger charge is -2.22. The standard InChI is InChI=1S/C13H16BrClO2/c1-8-5-6-17-13(8)12(15)10-7-9(14)3-4-11(10)16-2/h3-4,7-8,12-13H,5-6H2,1-2H3. The fourth-order valence-electron chi connectivity index (χ4n) is 2.19. The Kier molecular flexibility index (Phi) is 4.34. The second kappa shape index (κ2) is 5.59. The van der Waals surface area contributed by atoms with Crippen LogP contribution in [0.15, 0.2) is 22.7 Å². The smallest absolute Gasteiger partial charge is 0.123 e. The van der Waals surface area contributed by atoms with Gasteiger partial charge in [0.1, 0.15) is 5.75 Å². The third kappa shape index (κ3) is 2.78. The van der Waals surface area contributed by atoms with E-state index in [1.807, 2.05) is 18.2 Å². The quantitative estimate of drug-likeness (QED) is 0.779. The third-order valence-electron chi connectivity index (χ3n) is 3.22. The number of halogens is 2. The van der Waals surface area contributed by atoms with Crippen LogP contribution < -0.4 is 4.74 Å². The molecule has 1 aliphatic rings. The summed E-state index contributed by atoms with van der Waals surface area (Å²) in [5.41, 5.74) is 0.988. The molecule has 1 heterocycles. The molecule has 94 valence electrons. The van der Waals surface area contributed by atoms with Gasteiger partial charge in [-0.15, -0.1) is 11.6 Å². The molecule has 0 spiro atoms. The molecule has 0 bridgehead atoms. The van der Waals surface area contributed by atoms with Crippen LogP contribution in [0.25, 0.3) is 0 Å². The summed E-state index contributed by atoms with van der Waals surface area (Å²) in [5, 5.41) is -0.167. The number of hydrogen-bond acceptors (Lipinski definition) is 2. The summed E-state index contributed by atoms with van der Waals surface area (Å²) in [6.07, 6.45) is 1.14. The van der Waals surface area contributed by atoms with Crippen molar-refractivity contribution in [3.63, 3.8) is 0 Å². The van der Waals surface area contributed by atoms with E-state index >= 15 is 0 Å². The molecule has 2 rings (SSSR count). The van der Waals surface area contributed by atoms with E-state index in [-0.39, 0.29) is 11.5 Å². The second-order valence-corrected chi connectivity index (χ2v) is 5.78. The van der Waals surface area contributed by atoms with Gasteiger partial charge in [0.2, 0.25) is 0 Å². The Hall–Kier alpha value is -0.250. The maximum Gasteiger partial charge on any atom is 0.123 e. The lowest BCUT2D eigenvalue weighted by atomic mass is 9.96. The van der Waals surface area contributed by atoms with Gasteiger partial charge in [-0.2, -0.15) is 0 Å². The Morgan fingerprint density at radius 2 is 2.29 bits per heavy atom. The minimum absolute atomic E-state index is 0.0693. The van der Waals surface area contributed by atoms with Crippen molar-refractivity contribution in [2.24, 2.45) is 5.92 Å².